The summed E-state index contributed by atoms with van der Waals surface area (Å²) in [6.45, 7) is 9.13. The van der Waals surface area contributed by atoms with E-state index in [0.717, 1.165) is 34.9 Å². The summed E-state index contributed by atoms with van der Waals surface area (Å²) in [5, 5.41) is 9.88. The summed E-state index contributed by atoms with van der Waals surface area (Å²) in [5.41, 5.74) is 1.87. The first-order valence-electron chi connectivity index (χ1n) is 8.20. The molecule has 1 N–H and O–H groups in total. The molecule has 128 valence electrons. The fourth-order valence-electron chi connectivity index (χ4n) is 4.39. The van der Waals surface area contributed by atoms with Crippen LogP contribution in [0.2, 0.25) is 0 Å². The van der Waals surface area contributed by atoms with E-state index in [9.17, 15) is 14.7 Å². The van der Waals surface area contributed by atoms with E-state index in [2.05, 4.69) is 22.5 Å². The summed E-state index contributed by atoms with van der Waals surface area (Å²) in [7, 11) is 0. The van der Waals surface area contributed by atoms with Crippen molar-refractivity contribution in [2.24, 2.45) is 0 Å². The Morgan fingerprint density at radius 1 is 1.38 bits per heavy atom. The van der Waals surface area contributed by atoms with E-state index >= 15 is 0 Å². The number of hydrogen-bond donors (Lipinski definition) is 1. The predicted octanol–water partition coefficient (Wildman–Crippen LogP) is 4.62. The fourth-order valence-corrected chi connectivity index (χ4v) is 5.06. The second-order valence-electron chi connectivity index (χ2n) is 7.40. The van der Waals surface area contributed by atoms with Crippen molar-refractivity contribution >= 4 is 33.5 Å². The molecule has 5 heteroatoms. The monoisotopic (exact) mass is 391 g/mol. The van der Waals surface area contributed by atoms with Gasteiger partial charge >= 0.3 is 6.09 Å². The molecule has 1 heterocycles. The summed E-state index contributed by atoms with van der Waals surface area (Å²) in [4.78, 5) is 26.6. The fraction of sp³-hybridized carbons (Fsp3) is 0.474. The molecule has 0 saturated heterocycles. The van der Waals surface area contributed by atoms with Gasteiger partial charge in [0.25, 0.3) is 0 Å². The van der Waals surface area contributed by atoms with Crippen LogP contribution in [0.4, 0.5) is 10.5 Å². The van der Waals surface area contributed by atoms with Gasteiger partial charge in [0.2, 0.25) is 0 Å². The number of fused-ring (bicyclic) bond motifs is 3. The van der Waals surface area contributed by atoms with Gasteiger partial charge in [0.1, 0.15) is 5.54 Å². The van der Waals surface area contributed by atoms with Crippen LogP contribution in [0.1, 0.15) is 50.3 Å². The minimum Gasteiger partial charge on any atom is -0.465 e. The Hall–Kier alpha value is -1.62. The van der Waals surface area contributed by atoms with Crippen LogP contribution in [0, 0.1) is 0 Å². The van der Waals surface area contributed by atoms with Crippen molar-refractivity contribution in [1.82, 2.24) is 0 Å². The maximum atomic E-state index is 13.3. The highest BCUT2D eigenvalue weighted by molar-refractivity contribution is 9.10. The van der Waals surface area contributed by atoms with E-state index in [0.29, 0.717) is 12.1 Å². The zero-order valence-electron chi connectivity index (χ0n) is 14.3. The minimum absolute atomic E-state index is 0.0883. The van der Waals surface area contributed by atoms with Crippen molar-refractivity contribution in [2.75, 3.05) is 4.90 Å². The average Bonchev–Trinajstić information content (AvgIpc) is 2.97. The zero-order chi connectivity index (χ0) is 17.9. The highest BCUT2D eigenvalue weighted by Gasteiger charge is 2.55. The van der Waals surface area contributed by atoms with Crippen LogP contribution in [0.15, 0.2) is 23.2 Å². The van der Waals surface area contributed by atoms with Crippen LogP contribution in [0.3, 0.4) is 0 Å². The van der Waals surface area contributed by atoms with Crippen LogP contribution in [0.25, 0.3) is 0 Å². The molecule has 0 saturated carbocycles. The molecule has 1 atom stereocenters. The maximum Gasteiger partial charge on any atom is 0.412 e. The predicted molar refractivity (Wildman–Crippen MR) is 97.9 cm³/mol. The highest BCUT2D eigenvalue weighted by Crippen LogP contribution is 2.51. The van der Waals surface area contributed by atoms with Gasteiger partial charge in [-0.15, -0.1) is 6.58 Å². The Labute approximate surface area is 150 Å². The van der Waals surface area contributed by atoms with E-state index in [1.165, 1.54) is 10.5 Å². The van der Waals surface area contributed by atoms with E-state index < -0.39 is 17.0 Å². The largest absolute Gasteiger partial charge is 0.465 e. The van der Waals surface area contributed by atoms with Gasteiger partial charge in [0.05, 0.1) is 11.1 Å². The van der Waals surface area contributed by atoms with Crippen molar-refractivity contribution in [3.8, 4) is 0 Å². The van der Waals surface area contributed by atoms with Crippen LogP contribution in [0.5, 0.6) is 0 Å². The molecule has 3 rings (SSSR count). The molecule has 1 aromatic rings. The molecule has 4 nitrogen and oxygen atoms in total. The molecule has 0 spiro atoms. The van der Waals surface area contributed by atoms with Gasteiger partial charge in [-0.1, -0.05) is 22.0 Å². The molecule has 0 radical (unpaired) electrons. The number of nitrogens with zero attached hydrogens (tertiary/aromatic N) is 1. The first-order chi connectivity index (χ1) is 11.2. The quantitative estimate of drug-likeness (QED) is 0.748. The van der Waals surface area contributed by atoms with Gasteiger partial charge in [-0.2, -0.15) is 0 Å². The molecule has 1 aliphatic heterocycles. The second kappa shape index (κ2) is 5.45. The van der Waals surface area contributed by atoms with Crippen molar-refractivity contribution in [3.05, 3.63) is 39.9 Å². The summed E-state index contributed by atoms with van der Waals surface area (Å²) >= 11 is 3.63. The molecule has 24 heavy (non-hydrogen) atoms. The smallest absolute Gasteiger partial charge is 0.412 e. The highest BCUT2D eigenvalue weighted by atomic mass is 79.9. The molecule has 0 aromatic heterocycles. The second-order valence-corrected chi connectivity index (χ2v) is 8.25. The van der Waals surface area contributed by atoms with Gasteiger partial charge in [0, 0.05) is 4.47 Å². The molecule has 1 aromatic carbocycles. The Bertz CT molecular complexity index is 768. The third kappa shape index (κ3) is 2.10. The average molecular weight is 392 g/mol. The molecule has 0 bridgehead atoms. The van der Waals surface area contributed by atoms with E-state index in [1.807, 2.05) is 13.0 Å². The lowest BCUT2D eigenvalue weighted by Crippen LogP contribution is -2.62. The topological polar surface area (TPSA) is 57.6 Å². The van der Waals surface area contributed by atoms with Crippen LogP contribution < -0.4 is 4.90 Å². The Kier molecular flexibility index (Phi) is 3.91. The van der Waals surface area contributed by atoms with Crippen molar-refractivity contribution < 1.29 is 14.7 Å². The molecule has 1 amide bonds. The lowest BCUT2D eigenvalue weighted by molar-refractivity contribution is -0.128. The van der Waals surface area contributed by atoms with E-state index in [4.69, 9.17) is 0 Å². The molecule has 1 aliphatic carbocycles. The standard InChI is InChI=1S/C19H22BrNO3/c1-5-9-19(4)13-10-14(20)11-7-6-8-12(11)15(13)21(17(23)24)18(2,3)16(19)22/h5,10H,1,6-9H2,2-4H3,(H,23,24). The minimum atomic E-state index is -1.11. The summed E-state index contributed by atoms with van der Waals surface area (Å²) < 4.78 is 0.974. The lowest BCUT2D eigenvalue weighted by Gasteiger charge is -2.49. The molecule has 1 unspecified atom stereocenters. The van der Waals surface area contributed by atoms with E-state index in [1.54, 1.807) is 19.9 Å². The number of halogens is 1. The Balaban J connectivity index is 2.43. The van der Waals surface area contributed by atoms with Gasteiger partial charge < -0.3 is 5.11 Å². The van der Waals surface area contributed by atoms with Gasteiger partial charge in [-0.25, -0.2) is 4.79 Å². The summed E-state index contributed by atoms with van der Waals surface area (Å²) in [6, 6.07) is 1.95. The SMILES string of the molecule is C=CCC1(C)C(=O)C(C)(C)N(C(=O)O)c2c1cc(Br)c1c2CCC1. The number of amides is 1. The number of allylic oxidation sites excluding steroid dienone is 1. The number of carboxylic acid groups (broad SMARTS) is 1. The zero-order valence-corrected chi connectivity index (χ0v) is 15.9. The van der Waals surface area contributed by atoms with Crippen LogP contribution >= 0.6 is 15.9 Å². The third-order valence-electron chi connectivity index (χ3n) is 5.50. The van der Waals surface area contributed by atoms with Gasteiger partial charge in [-0.05, 0) is 69.2 Å². The number of hydrogen-bond acceptors (Lipinski definition) is 2. The number of carbonyl (C=O) groups excluding carboxylic acids is 1. The number of Topliss-reactive ketones (excluding diaryl/α,β-unsaturated/α-hetero) is 1. The van der Waals surface area contributed by atoms with Gasteiger partial charge in [-0.3, -0.25) is 9.69 Å². The summed E-state index contributed by atoms with van der Waals surface area (Å²) in [6.07, 6.45) is 3.94. The first kappa shape index (κ1) is 17.2. The van der Waals surface area contributed by atoms with Crippen molar-refractivity contribution in [1.29, 1.82) is 0 Å². The Morgan fingerprint density at radius 3 is 2.58 bits per heavy atom. The molecule has 2 aliphatic rings. The van der Waals surface area contributed by atoms with Crippen molar-refractivity contribution in [2.45, 2.75) is 57.4 Å². The Morgan fingerprint density at radius 2 is 2.00 bits per heavy atom. The third-order valence-corrected chi connectivity index (χ3v) is 6.20. The number of rotatable bonds is 2. The molecule has 0 fully saturated rings. The van der Waals surface area contributed by atoms with Crippen LogP contribution in [-0.4, -0.2) is 22.5 Å². The molecular weight excluding hydrogens is 370 g/mol. The van der Waals surface area contributed by atoms with Gasteiger partial charge in [0.15, 0.2) is 5.78 Å². The first-order valence-corrected chi connectivity index (χ1v) is 8.99. The van der Waals surface area contributed by atoms with Crippen LogP contribution in [-0.2, 0) is 23.1 Å². The number of ketones is 1. The number of benzene rings is 1. The normalized spacial score (nSPS) is 24.5. The lowest BCUT2D eigenvalue weighted by atomic mass is 9.65. The van der Waals surface area contributed by atoms with E-state index in [-0.39, 0.29) is 5.78 Å². The molecular formula is C19H22BrNO3. The maximum absolute atomic E-state index is 13.3. The summed E-state index contributed by atoms with van der Waals surface area (Å²) in [5.74, 6) is -0.0883. The number of carbonyl (C=O) groups is 2. The number of anilines is 1. The van der Waals surface area contributed by atoms with Crippen molar-refractivity contribution in [3.63, 3.8) is 0 Å².